The minimum atomic E-state index is 0.264. The van der Waals surface area contributed by atoms with E-state index in [9.17, 15) is 0 Å². The summed E-state index contributed by atoms with van der Waals surface area (Å²) in [5.74, 6) is 0. The number of ether oxygens (including phenoxy) is 1. The molecule has 1 fully saturated rings. The van der Waals surface area contributed by atoms with Gasteiger partial charge in [0.25, 0.3) is 0 Å². The summed E-state index contributed by atoms with van der Waals surface area (Å²) >= 11 is 6.25. The number of halogens is 1. The van der Waals surface area contributed by atoms with Gasteiger partial charge in [-0.15, -0.1) is 0 Å². The van der Waals surface area contributed by atoms with Crippen LogP contribution in [0.4, 0.5) is 0 Å². The highest BCUT2D eigenvalue weighted by molar-refractivity contribution is 6.31. The van der Waals surface area contributed by atoms with Crippen molar-refractivity contribution in [3.8, 4) is 6.07 Å². The fourth-order valence-corrected chi connectivity index (χ4v) is 2.69. The summed E-state index contributed by atoms with van der Waals surface area (Å²) in [5, 5.41) is 9.53. The summed E-state index contributed by atoms with van der Waals surface area (Å²) in [6, 6.07) is 8.07. The fraction of sp³-hybridized carbons (Fsp3) is 0.533. The molecule has 0 spiro atoms. The molecule has 0 bridgehead atoms. The van der Waals surface area contributed by atoms with Crippen molar-refractivity contribution in [1.82, 2.24) is 4.90 Å². The Morgan fingerprint density at radius 1 is 1.53 bits per heavy atom. The molecule has 19 heavy (non-hydrogen) atoms. The Bertz CT molecular complexity index is 484. The van der Waals surface area contributed by atoms with Crippen LogP contribution in [-0.2, 0) is 11.3 Å². The molecule has 1 saturated heterocycles. The first-order chi connectivity index (χ1) is 9.13. The van der Waals surface area contributed by atoms with Gasteiger partial charge < -0.3 is 4.74 Å². The molecule has 102 valence electrons. The van der Waals surface area contributed by atoms with E-state index in [2.05, 4.69) is 24.8 Å². The molecule has 1 aliphatic heterocycles. The topological polar surface area (TPSA) is 36.3 Å². The second-order valence-electron chi connectivity index (χ2n) is 5.05. The zero-order valence-corrected chi connectivity index (χ0v) is 12.2. The van der Waals surface area contributed by atoms with Crippen molar-refractivity contribution in [2.24, 2.45) is 0 Å². The van der Waals surface area contributed by atoms with Gasteiger partial charge in [0, 0.05) is 24.2 Å². The van der Waals surface area contributed by atoms with E-state index in [1.807, 2.05) is 12.1 Å². The minimum absolute atomic E-state index is 0.264. The van der Waals surface area contributed by atoms with E-state index >= 15 is 0 Å². The first-order valence-electron chi connectivity index (χ1n) is 6.68. The molecule has 2 atom stereocenters. The first-order valence-corrected chi connectivity index (χ1v) is 7.06. The number of nitrogens with zero attached hydrogens (tertiary/aromatic N) is 2. The molecule has 0 saturated carbocycles. The average molecular weight is 279 g/mol. The summed E-state index contributed by atoms with van der Waals surface area (Å²) in [4.78, 5) is 2.42. The molecule has 1 aromatic carbocycles. The van der Waals surface area contributed by atoms with Gasteiger partial charge in [-0.1, -0.05) is 24.6 Å². The second kappa shape index (κ2) is 6.38. The van der Waals surface area contributed by atoms with Crippen LogP contribution in [0.2, 0.25) is 5.02 Å². The van der Waals surface area contributed by atoms with Gasteiger partial charge in [0.15, 0.2) is 0 Å². The molecule has 0 aliphatic carbocycles. The average Bonchev–Trinajstić information content (AvgIpc) is 2.41. The quantitative estimate of drug-likeness (QED) is 0.852. The van der Waals surface area contributed by atoms with Crippen LogP contribution >= 0.6 is 11.6 Å². The molecule has 1 aromatic rings. The Morgan fingerprint density at radius 2 is 2.32 bits per heavy atom. The van der Waals surface area contributed by atoms with Crippen molar-refractivity contribution in [2.45, 2.75) is 39.0 Å². The SMILES string of the molecule is CCC1COC(C)CN1Cc1ccc(C#N)cc1Cl. The Balaban J connectivity index is 2.13. The van der Waals surface area contributed by atoms with Gasteiger partial charge in [-0.3, -0.25) is 4.90 Å². The maximum Gasteiger partial charge on any atom is 0.0992 e. The molecule has 0 radical (unpaired) electrons. The van der Waals surface area contributed by atoms with Crippen LogP contribution in [0.5, 0.6) is 0 Å². The number of hydrogen-bond donors (Lipinski definition) is 0. The fourth-order valence-electron chi connectivity index (χ4n) is 2.45. The maximum atomic E-state index is 8.85. The van der Waals surface area contributed by atoms with E-state index in [0.29, 0.717) is 16.6 Å². The van der Waals surface area contributed by atoms with Crippen molar-refractivity contribution in [3.63, 3.8) is 0 Å². The molecule has 0 aromatic heterocycles. The summed E-state index contributed by atoms with van der Waals surface area (Å²) in [6.07, 6.45) is 1.33. The van der Waals surface area contributed by atoms with Gasteiger partial charge in [0.05, 0.1) is 24.3 Å². The Kier molecular flexibility index (Phi) is 4.81. The lowest BCUT2D eigenvalue weighted by Gasteiger charge is -2.38. The van der Waals surface area contributed by atoms with Gasteiger partial charge in [-0.05, 0) is 31.0 Å². The third-order valence-corrected chi connectivity index (χ3v) is 3.96. The number of rotatable bonds is 3. The Hall–Kier alpha value is -1.08. The molecule has 1 aliphatic rings. The zero-order valence-electron chi connectivity index (χ0n) is 11.4. The normalized spacial score (nSPS) is 24.1. The second-order valence-corrected chi connectivity index (χ2v) is 5.46. The van der Waals surface area contributed by atoms with Crippen molar-refractivity contribution < 1.29 is 4.74 Å². The number of morpholine rings is 1. The summed E-state index contributed by atoms with van der Waals surface area (Å²) in [6.45, 7) is 6.80. The molecule has 2 unspecified atom stereocenters. The van der Waals surface area contributed by atoms with E-state index < -0.39 is 0 Å². The maximum absolute atomic E-state index is 8.85. The standard InChI is InChI=1S/C15H19ClN2O/c1-3-14-10-19-11(2)8-18(14)9-13-5-4-12(7-17)6-15(13)16/h4-6,11,14H,3,8-10H2,1-2H3. The highest BCUT2D eigenvalue weighted by atomic mass is 35.5. The van der Waals surface area contributed by atoms with Gasteiger partial charge in [-0.2, -0.15) is 5.26 Å². The lowest BCUT2D eigenvalue weighted by atomic mass is 10.1. The van der Waals surface area contributed by atoms with E-state index in [-0.39, 0.29) is 6.10 Å². The van der Waals surface area contributed by atoms with Gasteiger partial charge >= 0.3 is 0 Å². The third-order valence-electron chi connectivity index (χ3n) is 3.61. The van der Waals surface area contributed by atoms with E-state index in [4.69, 9.17) is 21.6 Å². The van der Waals surface area contributed by atoms with Crippen molar-refractivity contribution >= 4 is 11.6 Å². The molecule has 0 N–H and O–H groups in total. The highest BCUT2D eigenvalue weighted by Gasteiger charge is 2.25. The highest BCUT2D eigenvalue weighted by Crippen LogP contribution is 2.23. The minimum Gasteiger partial charge on any atom is -0.376 e. The summed E-state index contributed by atoms with van der Waals surface area (Å²) in [7, 11) is 0. The molecule has 3 nitrogen and oxygen atoms in total. The molecular weight excluding hydrogens is 260 g/mol. The van der Waals surface area contributed by atoms with Crippen molar-refractivity contribution in [2.75, 3.05) is 13.2 Å². The molecule has 1 heterocycles. The largest absolute Gasteiger partial charge is 0.376 e. The van der Waals surface area contributed by atoms with E-state index in [0.717, 1.165) is 31.7 Å². The lowest BCUT2D eigenvalue weighted by Crippen LogP contribution is -2.47. The van der Waals surface area contributed by atoms with Gasteiger partial charge in [0.2, 0.25) is 0 Å². The van der Waals surface area contributed by atoms with Crippen LogP contribution in [0.1, 0.15) is 31.4 Å². The Morgan fingerprint density at radius 3 is 2.95 bits per heavy atom. The van der Waals surface area contributed by atoms with Gasteiger partial charge in [0.1, 0.15) is 0 Å². The molecule has 2 rings (SSSR count). The van der Waals surface area contributed by atoms with Crippen LogP contribution in [0.15, 0.2) is 18.2 Å². The molecule has 4 heteroatoms. The summed E-state index contributed by atoms with van der Waals surface area (Å²) < 4.78 is 5.70. The van der Waals surface area contributed by atoms with Crippen molar-refractivity contribution in [3.05, 3.63) is 34.3 Å². The predicted octanol–water partition coefficient (Wildman–Crippen LogP) is 3.21. The number of hydrogen-bond acceptors (Lipinski definition) is 3. The Labute approximate surface area is 119 Å². The number of benzene rings is 1. The van der Waals surface area contributed by atoms with Crippen molar-refractivity contribution in [1.29, 1.82) is 5.26 Å². The lowest BCUT2D eigenvalue weighted by molar-refractivity contribution is -0.0591. The smallest absolute Gasteiger partial charge is 0.0992 e. The van der Waals surface area contributed by atoms with Crippen LogP contribution < -0.4 is 0 Å². The van der Waals surface area contributed by atoms with Gasteiger partial charge in [-0.25, -0.2) is 0 Å². The molecular formula is C15H19ClN2O. The first kappa shape index (κ1) is 14.3. The van der Waals surface area contributed by atoms with Crippen LogP contribution in [0.25, 0.3) is 0 Å². The number of nitriles is 1. The summed E-state index contributed by atoms with van der Waals surface area (Å²) in [5.41, 5.74) is 1.68. The van der Waals surface area contributed by atoms with E-state index in [1.165, 1.54) is 0 Å². The molecule has 0 amide bonds. The monoisotopic (exact) mass is 278 g/mol. The van der Waals surface area contributed by atoms with E-state index in [1.54, 1.807) is 6.07 Å². The van der Waals surface area contributed by atoms with Crippen LogP contribution in [0, 0.1) is 11.3 Å². The predicted molar refractivity (Wildman–Crippen MR) is 76.1 cm³/mol. The van der Waals surface area contributed by atoms with Crippen LogP contribution in [0.3, 0.4) is 0 Å². The third kappa shape index (κ3) is 3.48. The van der Waals surface area contributed by atoms with Crippen LogP contribution in [-0.4, -0.2) is 30.2 Å². The zero-order chi connectivity index (χ0) is 13.8.